The Morgan fingerprint density at radius 2 is 2.50 bits per heavy atom. The van der Waals surface area contributed by atoms with Crippen molar-refractivity contribution in [1.82, 2.24) is 0 Å². The predicted molar refractivity (Wildman–Crippen MR) is 33.6 cm³/mol. The molecule has 1 saturated carbocycles. The average molecular weight is 142 g/mol. The Morgan fingerprint density at radius 1 is 1.70 bits per heavy atom. The molecule has 0 amide bonds. The highest BCUT2D eigenvalue weighted by Gasteiger charge is 2.61. The quantitative estimate of drug-likeness (QED) is 0.579. The van der Waals surface area contributed by atoms with Crippen LogP contribution in [0.3, 0.4) is 0 Å². The third-order valence-electron chi connectivity index (χ3n) is 2.67. The lowest BCUT2D eigenvalue weighted by molar-refractivity contribution is -0.146. The fourth-order valence-corrected chi connectivity index (χ4v) is 1.75. The minimum atomic E-state index is -0.624. The predicted octanol–water partition coefficient (Wildman–Crippen LogP) is 0.498. The smallest absolute Gasteiger partial charge is 0.310 e. The highest BCUT2D eigenvalue weighted by Crippen LogP contribution is 2.57. The molecule has 1 aliphatic carbocycles. The van der Waals surface area contributed by atoms with E-state index in [0.29, 0.717) is 25.6 Å². The van der Waals surface area contributed by atoms with Gasteiger partial charge in [0, 0.05) is 6.61 Å². The maximum atomic E-state index is 10.7. The SMILES string of the molecule is O=C(O)[C@@]12CCOC[C@@H]1C2. The molecule has 2 atom stereocenters. The van der Waals surface area contributed by atoms with Crippen LogP contribution >= 0.6 is 0 Å². The zero-order chi connectivity index (χ0) is 7.19. The molecule has 0 unspecified atom stereocenters. The van der Waals surface area contributed by atoms with Crippen LogP contribution in [0.4, 0.5) is 0 Å². The Bertz CT molecular complexity index is 178. The average Bonchev–Trinajstić information content (AvgIpc) is 2.61. The highest BCUT2D eigenvalue weighted by molar-refractivity contribution is 5.78. The molecule has 3 nitrogen and oxygen atoms in total. The number of hydrogen-bond acceptors (Lipinski definition) is 2. The monoisotopic (exact) mass is 142 g/mol. The molecule has 1 aliphatic heterocycles. The second kappa shape index (κ2) is 1.72. The molecule has 3 heteroatoms. The first-order valence-corrected chi connectivity index (χ1v) is 3.57. The molecule has 0 aromatic heterocycles. The topological polar surface area (TPSA) is 46.5 Å². The van der Waals surface area contributed by atoms with Gasteiger partial charge < -0.3 is 9.84 Å². The molecule has 0 aromatic carbocycles. The van der Waals surface area contributed by atoms with Gasteiger partial charge in [-0.3, -0.25) is 4.79 Å². The number of carboxylic acids is 1. The van der Waals surface area contributed by atoms with E-state index >= 15 is 0 Å². The lowest BCUT2D eigenvalue weighted by atomic mass is 9.99. The molecule has 1 saturated heterocycles. The first-order chi connectivity index (χ1) is 4.76. The maximum absolute atomic E-state index is 10.7. The van der Waals surface area contributed by atoms with Gasteiger partial charge in [-0.15, -0.1) is 0 Å². The number of carbonyl (C=O) groups is 1. The molecular formula is C7H10O3. The summed E-state index contributed by atoms with van der Waals surface area (Å²) in [6.07, 6.45) is 1.55. The van der Waals surface area contributed by atoms with Gasteiger partial charge in [0.05, 0.1) is 12.0 Å². The first kappa shape index (κ1) is 6.16. The summed E-state index contributed by atoms with van der Waals surface area (Å²) in [4.78, 5) is 10.7. The van der Waals surface area contributed by atoms with Crippen LogP contribution < -0.4 is 0 Å². The van der Waals surface area contributed by atoms with E-state index < -0.39 is 5.97 Å². The summed E-state index contributed by atoms with van der Waals surface area (Å²) in [7, 11) is 0. The molecule has 2 rings (SSSR count). The van der Waals surface area contributed by atoms with Gasteiger partial charge in [-0.1, -0.05) is 0 Å². The lowest BCUT2D eigenvalue weighted by Crippen LogP contribution is -2.25. The number of fused-ring (bicyclic) bond motifs is 1. The van der Waals surface area contributed by atoms with E-state index in [4.69, 9.17) is 9.84 Å². The molecule has 10 heavy (non-hydrogen) atoms. The Hall–Kier alpha value is -0.570. The van der Waals surface area contributed by atoms with Gasteiger partial charge in [-0.25, -0.2) is 0 Å². The van der Waals surface area contributed by atoms with E-state index in [1.807, 2.05) is 0 Å². The third kappa shape index (κ3) is 0.611. The molecule has 0 radical (unpaired) electrons. The van der Waals surface area contributed by atoms with Crippen molar-refractivity contribution in [2.75, 3.05) is 13.2 Å². The van der Waals surface area contributed by atoms with E-state index in [1.165, 1.54) is 0 Å². The van der Waals surface area contributed by atoms with Gasteiger partial charge in [0.15, 0.2) is 0 Å². The summed E-state index contributed by atoms with van der Waals surface area (Å²) in [6, 6.07) is 0. The van der Waals surface area contributed by atoms with Crippen LogP contribution in [0.25, 0.3) is 0 Å². The summed E-state index contributed by atoms with van der Waals surface area (Å²) < 4.78 is 5.14. The standard InChI is InChI=1S/C7H10O3/c8-6(9)7-1-2-10-4-5(7)3-7/h5H,1-4H2,(H,8,9)/t5-,7+/m0/s1. The van der Waals surface area contributed by atoms with Gasteiger partial charge in [0.25, 0.3) is 0 Å². The van der Waals surface area contributed by atoms with Gasteiger partial charge in [0.1, 0.15) is 0 Å². The van der Waals surface area contributed by atoms with Crippen LogP contribution in [0.15, 0.2) is 0 Å². The van der Waals surface area contributed by atoms with Crippen molar-refractivity contribution in [2.24, 2.45) is 11.3 Å². The fourth-order valence-electron chi connectivity index (χ4n) is 1.75. The van der Waals surface area contributed by atoms with E-state index in [2.05, 4.69) is 0 Å². The largest absolute Gasteiger partial charge is 0.481 e. The molecule has 1 N–H and O–H groups in total. The van der Waals surface area contributed by atoms with Crippen LogP contribution in [0.5, 0.6) is 0 Å². The number of rotatable bonds is 1. The van der Waals surface area contributed by atoms with Crippen molar-refractivity contribution in [3.8, 4) is 0 Å². The summed E-state index contributed by atoms with van der Waals surface area (Å²) in [5.41, 5.74) is -0.363. The van der Waals surface area contributed by atoms with Crippen molar-refractivity contribution in [1.29, 1.82) is 0 Å². The molecule has 56 valence electrons. The van der Waals surface area contributed by atoms with Gasteiger partial charge in [-0.05, 0) is 18.8 Å². The molecule has 2 aliphatic rings. The van der Waals surface area contributed by atoms with Crippen LogP contribution in [-0.2, 0) is 9.53 Å². The van der Waals surface area contributed by atoms with Crippen LogP contribution in [0.1, 0.15) is 12.8 Å². The minimum absolute atomic E-state index is 0.318. The fraction of sp³-hybridized carbons (Fsp3) is 0.857. The molecule has 0 bridgehead atoms. The van der Waals surface area contributed by atoms with Crippen molar-refractivity contribution >= 4 is 5.97 Å². The second-order valence-corrected chi connectivity index (χ2v) is 3.19. The summed E-state index contributed by atoms with van der Waals surface area (Å²) in [5.74, 6) is -0.306. The molecule has 1 heterocycles. The zero-order valence-electron chi connectivity index (χ0n) is 5.67. The van der Waals surface area contributed by atoms with Gasteiger partial charge in [0.2, 0.25) is 0 Å². The van der Waals surface area contributed by atoms with E-state index in [0.717, 1.165) is 6.42 Å². The second-order valence-electron chi connectivity index (χ2n) is 3.19. The van der Waals surface area contributed by atoms with Gasteiger partial charge in [-0.2, -0.15) is 0 Å². The highest BCUT2D eigenvalue weighted by atomic mass is 16.5. The van der Waals surface area contributed by atoms with Crippen LogP contribution in [-0.4, -0.2) is 24.3 Å². The molecule has 2 fully saturated rings. The normalized spacial score (nSPS) is 44.2. The van der Waals surface area contributed by atoms with Crippen molar-refractivity contribution in [3.63, 3.8) is 0 Å². The Balaban J connectivity index is 2.12. The molecule has 0 spiro atoms. The van der Waals surface area contributed by atoms with Crippen LogP contribution in [0.2, 0.25) is 0 Å². The Morgan fingerprint density at radius 3 is 3.00 bits per heavy atom. The number of aliphatic carboxylic acids is 1. The Kier molecular flexibility index (Phi) is 1.06. The van der Waals surface area contributed by atoms with E-state index in [9.17, 15) is 4.79 Å². The van der Waals surface area contributed by atoms with E-state index in [1.54, 1.807) is 0 Å². The number of carboxylic acid groups (broad SMARTS) is 1. The van der Waals surface area contributed by atoms with Crippen molar-refractivity contribution in [2.45, 2.75) is 12.8 Å². The molecular weight excluding hydrogens is 132 g/mol. The maximum Gasteiger partial charge on any atom is 0.310 e. The molecule has 0 aromatic rings. The van der Waals surface area contributed by atoms with Crippen LogP contribution in [0, 0.1) is 11.3 Å². The zero-order valence-corrected chi connectivity index (χ0v) is 5.67. The van der Waals surface area contributed by atoms with Gasteiger partial charge >= 0.3 is 5.97 Å². The minimum Gasteiger partial charge on any atom is -0.481 e. The summed E-state index contributed by atoms with van der Waals surface area (Å²) in [6.45, 7) is 1.29. The Labute approximate surface area is 59.0 Å². The number of ether oxygens (including phenoxy) is 1. The lowest BCUT2D eigenvalue weighted by Gasteiger charge is -2.17. The first-order valence-electron chi connectivity index (χ1n) is 3.57. The summed E-state index contributed by atoms with van der Waals surface area (Å²) >= 11 is 0. The van der Waals surface area contributed by atoms with E-state index in [-0.39, 0.29) is 5.41 Å². The van der Waals surface area contributed by atoms with Crippen molar-refractivity contribution < 1.29 is 14.6 Å². The number of hydrogen-bond donors (Lipinski definition) is 1. The van der Waals surface area contributed by atoms with Crippen molar-refractivity contribution in [3.05, 3.63) is 0 Å². The third-order valence-corrected chi connectivity index (χ3v) is 2.67. The summed E-state index contributed by atoms with van der Waals surface area (Å²) in [5, 5.41) is 8.78.